The Labute approximate surface area is 146 Å². The van der Waals surface area contributed by atoms with Gasteiger partial charge in [-0.1, -0.05) is 12.1 Å². The minimum absolute atomic E-state index is 0.0248. The van der Waals surface area contributed by atoms with E-state index in [0.717, 1.165) is 5.69 Å². The zero-order valence-corrected chi connectivity index (χ0v) is 15.0. The molecule has 1 aromatic heterocycles. The van der Waals surface area contributed by atoms with E-state index in [1.165, 1.54) is 0 Å². The van der Waals surface area contributed by atoms with Crippen LogP contribution in [-0.2, 0) is 11.2 Å². The number of nitrogens with zero attached hydrogens (tertiary/aromatic N) is 2. The number of hydrogen-bond acceptors (Lipinski definition) is 4. The SMILES string of the molecule is Cc1nc(C)c(CCC(=O)N2CC(C)(C)Oc3ccccc32)c(=O)[nH]1. The van der Waals surface area contributed by atoms with Crippen LogP contribution in [0.25, 0.3) is 0 Å². The van der Waals surface area contributed by atoms with Crippen LogP contribution in [0.1, 0.15) is 37.4 Å². The number of para-hydroxylation sites is 2. The van der Waals surface area contributed by atoms with Crippen LogP contribution < -0.4 is 15.2 Å². The Kier molecular flexibility index (Phi) is 4.37. The Morgan fingerprint density at radius 3 is 2.76 bits per heavy atom. The third-order valence-electron chi connectivity index (χ3n) is 4.31. The predicted octanol–water partition coefficient (Wildman–Crippen LogP) is 2.52. The number of aromatic nitrogens is 2. The minimum atomic E-state index is -0.456. The zero-order chi connectivity index (χ0) is 18.2. The molecule has 1 aliphatic heterocycles. The third-order valence-corrected chi connectivity index (χ3v) is 4.31. The van der Waals surface area contributed by atoms with Crippen molar-refractivity contribution in [2.24, 2.45) is 0 Å². The van der Waals surface area contributed by atoms with E-state index in [1.807, 2.05) is 38.1 Å². The normalized spacial score (nSPS) is 15.4. The summed E-state index contributed by atoms with van der Waals surface area (Å²) < 4.78 is 5.95. The highest BCUT2D eigenvalue weighted by molar-refractivity contribution is 5.95. The molecule has 1 aromatic carbocycles. The summed E-state index contributed by atoms with van der Waals surface area (Å²) in [5.74, 6) is 1.27. The molecule has 1 N–H and O–H groups in total. The summed E-state index contributed by atoms with van der Waals surface area (Å²) in [6.45, 7) is 7.94. The second-order valence-corrected chi connectivity index (χ2v) is 7.02. The number of carbonyl (C=O) groups is 1. The Bertz CT molecular complexity index is 870. The fourth-order valence-electron chi connectivity index (χ4n) is 3.20. The van der Waals surface area contributed by atoms with Crippen molar-refractivity contribution in [2.45, 2.75) is 46.1 Å². The van der Waals surface area contributed by atoms with Gasteiger partial charge in [-0.05, 0) is 46.2 Å². The van der Waals surface area contributed by atoms with Crippen LogP contribution in [0.3, 0.4) is 0 Å². The first-order valence-electron chi connectivity index (χ1n) is 8.42. The highest BCUT2D eigenvalue weighted by atomic mass is 16.5. The molecular formula is C19H23N3O3. The molecule has 25 heavy (non-hydrogen) atoms. The monoisotopic (exact) mass is 341 g/mol. The van der Waals surface area contributed by atoms with Crippen molar-refractivity contribution < 1.29 is 9.53 Å². The number of carbonyl (C=O) groups excluding carboxylic acids is 1. The van der Waals surface area contributed by atoms with Crippen molar-refractivity contribution in [1.29, 1.82) is 0 Å². The first-order chi connectivity index (χ1) is 11.8. The molecule has 0 atom stereocenters. The number of aromatic amines is 1. The second-order valence-electron chi connectivity index (χ2n) is 7.02. The average molecular weight is 341 g/mol. The van der Waals surface area contributed by atoms with Crippen LogP contribution in [0, 0.1) is 13.8 Å². The first kappa shape index (κ1) is 17.2. The van der Waals surface area contributed by atoms with Crippen LogP contribution in [0.15, 0.2) is 29.1 Å². The van der Waals surface area contributed by atoms with E-state index < -0.39 is 5.60 Å². The number of hydrogen-bond donors (Lipinski definition) is 1. The molecule has 6 nitrogen and oxygen atoms in total. The number of H-pyrrole nitrogens is 1. The molecule has 6 heteroatoms. The Morgan fingerprint density at radius 1 is 1.32 bits per heavy atom. The van der Waals surface area contributed by atoms with Gasteiger partial charge in [-0.25, -0.2) is 4.98 Å². The molecule has 3 rings (SSSR count). The summed E-state index contributed by atoms with van der Waals surface area (Å²) >= 11 is 0. The molecule has 2 aromatic rings. The lowest BCUT2D eigenvalue weighted by Gasteiger charge is -2.39. The molecule has 0 fully saturated rings. The molecule has 1 aliphatic rings. The standard InChI is InChI=1S/C19H23N3O3/c1-12-14(18(24)21-13(2)20-12)9-10-17(23)22-11-19(3,4)25-16-8-6-5-7-15(16)22/h5-8H,9-11H2,1-4H3,(H,20,21,24). The number of rotatable bonds is 3. The van der Waals surface area contributed by atoms with Crippen LogP contribution in [0.2, 0.25) is 0 Å². The van der Waals surface area contributed by atoms with E-state index in [2.05, 4.69) is 9.97 Å². The van der Waals surface area contributed by atoms with Gasteiger partial charge < -0.3 is 14.6 Å². The summed E-state index contributed by atoms with van der Waals surface area (Å²) in [5.41, 5.74) is 1.40. The van der Waals surface area contributed by atoms with Crippen molar-refractivity contribution in [3.05, 3.63) is 51.7 Å². The number of fused-ring (bicyclic) bond motifs is 1. The van der Waals surface area contributed by atoms with Gasteiger partial charge in [0.25, 0.3) is 5.56 Å². The molecule has 132 valence electrons. The predicted molar refractivity (Wildman–Crippen MR) is 96.2 cm³/mol. The third kappa shape index (κ3) is 3.57. The smallest absolute Gasteiger partial charge is 0.254 e. The number of nitrogens with one attached hydrogen (secondary N) is 1. The number of anilines is 1. The number of amides is 1. The van der Waals surface area contributed by atoms with Crippen molar-refractivity contribution in [1.82, 2.24) is 9.97 Å². The lowest BCUT2D eigenvalue weighted by molar-refractivity contribution is -0.119. The molecule has 0 unspecified atom stereocenters. The first-order valence-corrected chi connectivity index (χ1v) is 8.42. The quantitative estimate of drug-likeness (QED) is 0.931. The maximum atomic E-state index is 12.8. The number of ether oxygens (including phenoxy) is 1. The molecule has 0 bridgehead atoms. The lowest BCUT2D eigenvalue weighted by atomic mass is 10.0. The highest BCUT2D eigenvalue weighted by Gasteiger charge is 2.34. The van der Waals surface area contributed by atoms with Crippen LogP contribution >= 0.6 is 0 Å². The van der Waals surface area contributed by atoms with Crippen LogP contribution in [0.5, 0.6) is 5.75 Å². The Hall–Kier alpha value is -2.63. The van der Waals surface area contributed by atoms with Crippen molar-refractivity contribution in [3.8, 4) is 5.75 Å². The topological polar surface area (TPSA) is 75.3 Å². The summed E-state index contributed by atoms with van der Waals surface area (Å²) in [6, 6.07) is 7.53. The fraction of sp³-hybridized carbons (Fsp3) is 0.421. The zero-order valence-electron chi connectivity index (χ0n) is 15.0. The summed E-state index contributed by atoms with van der Waals surface area (Å²) in [6.07, 6.45) is 0.617. The van der Waals surface area contributed by atoms with E-state index in [0.29, 0.717) is 35.8 Å². The van der Waals surface area contributed by atoms with Crippen molar-refractivity contribution >= 4 is 11.6 Å². The minimum Gasteiger partial charge on any atom is -0.484 e. The number of benzene rings is 1. The van der Waals surface area contributed by atoms with Gasteiger partial charge in [-0.3, -0.25) is 9.59 Å². The lowest BCUT2D eigenvalue weighted by Crippen LogP contribution is -2.49. The van der Waals surface area contributed by atoms with E-state index in [-0.39, 0.29) is 17.9 Å². The van der Waals surface area contributed by atoms with Gasteiger partial charge in [0.15, 0.2) is 0 Å². The van der Waals surface area contributed by atoms with Gasteiger partial charge in [-0.15, -0.1) is 0 Å². The van der Waals surface area contributed by atoms with Crippen molar-refractivity contribution in [2.75, 3.05) is 11.4 Å². The molecular weight excluding hydrogens is 318 g/mol. The van der Waals surface area contributed by atoms with Crippen molar-refractivity contribution in [3.63, 3.8) is 0 Å². The van der Waals surface area contributed by atoms with Gasteiger partial charge in [0.1, 0.15) is 17.2 Å². The highest BCUT2D eigenvalue weighted by Crippen LogP contribution is 2.36. The fourth-order valence-corrected chi connectivity index (χ4v) is 3.20. The van der Waals surface area contributed by atoms with E-state index >= 15 is 0 Å². The van der Waals surface area contributed by atoms with Crippen LogP contribution in [-0.4, -0.2) is 28.0 Å². The summed E-state index contributed by atoms with van der Waals surface area (Å²) in [7, 11) is 0. The van der Waals surface area contributed by atoms with Gasteiger partial charge in [0.2, 0.25) is 5.91 Å². The number of aryl methyl sites for hydroxylation is 2. The Morgan fingerprint density at radius 2 is 2.04 bits per heavy atom. The molecule has 0 aliphatic carbocycles. The second kappa shape index (κ2) is 6.35. The summed E-state index contributed by atoms with van der Waals surface area (Å²) in [5, 5.41) is 0. The largest absolute Gasteiger partial charge is 0.484 e. The molecule has 0 saturated heterocycles. The maximum absolute atomic E-state index is 12.8. The Balaban J connectivity index is 1.81. The van der Waals surface area contributed by atoms with Crippen LogP contribution in [0.4, 0.5) is 5.69 Å². The van der Waals surface area contributed by atoms with E-state index in [4.69, 9.17) is 4.74 Å². The molecule has 0 saturated carbocycles. The van der Waals surface area contributed by atoms with E-state index in [9.17, 15) is 9.59 Å². The van der Waals surface area contributed by atoms with E-state index in [1.54, 1.807) is 18.7 Å². The molecule has 2 heterocycles. The average Bonchev–Trinajstić information content (AvgIpc) is 2.52. The van der Waals surface area contributed by atoms with Gasteiger partial charge in [0, 0.05) is 17.7 Å². The molecule has 0 spiro atoms. The summed E-state index contributed by atoms with van der Waals surface area (Å²) in [4.78, 5) is 33.7. The van der Waals surface area contributed by atoms with Gasteiger partial charge in [0.05, 0.1) is 12.2 Å². The maximum Gasteiger partial charge on any atom is 0.254 e. The molecule has 0 radical (unpaired) electrons. The van der Waals surface area contributed by atoms with Gasteiger partial charge >= 0.3 is 0 Å². The molecule has 1 amide bonds. The van der Waals surface area contributed by atoms with Gasteiger partial charge in [-0.2, -0.15) is 0 Å².